The maximum Gasteiger partial charge on any atom is 0.0499 e. The minimum absolute atomic E-state index is 0.228. The second kappa shape index (κ2) is 4.04. The average molecular weight is 241 g/mol. The van der Waals surface area contributed by atoms with Crippen molar-refractivity contribution in [3.8, 4) is 0 Å². The highest BCUT2D eigenvalue weighted by Crippen LogP contribution is 2.57. The fraction of sp³-hybridized carbons (Fsp3) is 0.400. The van der Waals surface area contributed by atoms with Gasteiger partial charge in [-0.3, -0.25) is 16.3 Å². The van der Waals surface area contributed by atoms with E-state index in [1.165, 1.54) is 22.8 Å². The van der Waals surface area contributed by atoms with Crippen molar-refractivity contribution in [2.75, 3.05) is 0 Å². The zero-order valence-electron chi connectivity index (χ0n) is 10.9. The monoisotopic (exact) mass is 241 g/mol. The Morgan fingerprint density at radius 2 is 2.17 bits per heavy atom. The van der Waals surface area contributed by atoms with Gasteiger partial charge in [-0.25, -0.2) is 0 Å². The highest BCUT2D eigenvalue weighted by atomic mass is 15.2. The molecule has 0 saturated heterocycles. The fourth-order valence-electron chi connectivity index (χ4n) is 2.92. The van der Waals surface area contributed by atoms with E-state index < -0.39 is 0 Å². The van der Waals surface area contributed by atoms with Gasteiger partial charge in [0.25, 0.3) is 0 Å². The molecule has 0 aliphatic heterocycles. The summed E-state index contributed by atoms with van der Waals surface area (Å²) in [7, 11) is 0. The van der Waals surface area contributed by atoms with Crippen LogP contribution in [0, 0.1) is 11.3 Å². The van der Waals surface area contributed by atoms with E-state index in [2.05, 4.69) is 48.5 Å². The van der Waals surface area contributed by atoms with E-state index in [1.54, 1.807) is 0 Å². The van der Waals surface area contributed by atoms with E-state index in [0.29, 0.717) is 11.3 Å². The third-order valence-corrected chi connectivity index (χ3v) is 4.22. The van der Waals surface area contributed by atoms with Gasteiger partial charge in [-0.1, -0.05) is 32.0 Å². The Bertz CT molecular complexity index is 571. The number of nitrogens with zero attached hydrogens (tertiary/aromatic N) is 1. The van der Waals surface area contributed by atoms with Crippen molar-refractivity contribution in [2.24, 2.45) is 17.2 Å². The van der Waals surface area contributed by atoms with Crippen LogP contribution in [0.4, 0.5) is 0 Å². The predicted molar refractivity (Wildman–Crippen MR) is 73.7 cm³/mol. The molecule has 1 fully saturated rings. The zero-order chi connectivity index (χ0) is 12.8. The first-order valence-electron chi connectivity index (χ1n) is 6.42. The summed E-state index contributed by atoms with van der Waals surface area (Å²) in [6.45, 7) is 4.60. The summed E-state index contributed by atoms with van der Waals surface area (Å²) in [5, 5.41) is 2.42. The Balaban J connectivity index is 2.08. The van der Waals surface area contributed by atoms with Crippen molar-refractivity contribution < 1.29 is 0 Å². The summed E-state index contributed by atoms with van der Waals surface area (Å²) in [5.74, 6) is 6.40. The molecule has 2 unspecified atom stereocenters. The van der Waals surface area contributed by atoms with Crippen LogP contribution in [0.5, 0.6) is 0 Å². The van der Waals surface area contributed by atoms with Gasteiger partial charge < -0.3 is 0 Å². The van der Waals surface area contributed by atoms with Crippen LogP contribution in [0.15, 0.2) is 36.7 Å². The molecule has 0 amide bonds. The predicted octanol–water partition coefficient (Wildman–Crippen LogP) is 2.79. The van der Waals surface area contributed by atoms with Gasteiger partial charge in [0.2, 0.25) is 0 Å². The molecule has 0 spiro atoms. The molecule has 1 aromatic carbocycles. The lowest BCUT2D eigenvalue weighted by Crippen LogP contribution is -2.30. The van der Waals surface area contributed by atoms with E-state index >= 15 is 0 Å². The molecule has 2 atom stereocenters. The molecule has 3 N–H and O–H groups in total. The molecule has 3 rings (SSSR count). The van der Waals surface area contributed by atoms with Crippen LogP contribution in [0.3, 0.4) is 0 Å². The van der Waals surface area contributed by atoms with Crippen LogP contribution < -0.4 is 11.3 Å². The summed E-state index contributed by atoms with van der Waals surface area (Å²) in [4.78, 5) is 4.18. The van der Waals surface area contributed by atoms with Crippen LogP contribution in [-0.4, -0.2) is 4.98 Å². The number of nitrogens with one attached hydrogen (secondary N) is 1. The van der Waals surface area contributed by atoms with Gasteiger partial charge in [0.05, 0.1) is 0 Å². The molecular formula is C15H19N3. The van der Waals surface area contributed by atoms with E-state index in [1.807, 2.05) is 12.4 Å². The van der Waals surface area contributed by atoms with Crippen molar-refractivity contribution in [3.05, 3.63) is 42.2 Å². The SMILES string of the molecule is CC1(C)CC1C(NN)c1cccc2cnccc12. The van der Waals surface area contributed by atoms with E-state index in [0.717, 1.165) is 0 Å². The van der Waals surface area contributed by atoms with Crippen molar-refractivity contribution in [3.63, 3.8) is 0 Å². The Morgan fingerprint density at radius 1 is 1.39 bits per heavy atom. The van der Waals surface area contributed by atoms with E-state index in [-0.39, 0.29) is 6.04 Å². The Hall–Kier alpha value is -1.45. The fourth-order valence-corrected chi connectivity index (χ4v) is 2.92. The van der Waals surface area contributed by atoms with Gasteiger partial charge in [0.1, 0.15) is 0 Å². The second-order valence-corrected chi connectivity index (χ2v) is 5.89. The first-order chi connectivity index (χ1) is 8.63. The molecule has 0 radical (unpaired) electrons. The lowest BCUT2D eigenvalue weighted by Gasteiger charge is -2.20. The summed E-state index contributed by atoms with van der Waals surface area (Å²) in [6.07, 6.45) is 4.98. The van der Waals surface area contributed by atoms with Crippen molar-refractivity contribution in [2.45, 2.75) is 26.3 Å². The van der Waals surface area contributed by atoms with E-state index in [4.69, 9.17) is 5.84 Å². The zero-order valence-corrected chi connectivity index (χ0v) is 10.9. The van der Waals surface area contributed by atoms with Gasteiger partial charge >= 0.3 is 0 Å². The molecule has 1 heterocycles. The number of hydrazine groups is 1. The highest BCUT2D eigenvalue weighted by molar-refractivity contribution is 5.85. The van der Waals surface area contributed by atoms with E-state index in [9.17, 15) is 0 Å². The molecule has 0 bridgehead atoms. The quantitative estimate of drug-likeness (QED) is 0.641. The Labute approximate surface area is 107 Å². The molecule has 1 aliphatic carbocycles. The number of benzene rings is 1. The Morgan fingerprint density at radius 3 is 2.83 bits per heavy atom. The van der Waals surface area contributed by atoms with Crippen LogP contribution in [0.2, 0.25) is 0 Å². The molecule has 1 aromatic heterocycles. The largest absolute Gasteiger partial charge is 0.271 e. The number of pyridine rings is 1. The number of rotatable bonds is 3. The summed E-state index contributed by atoms with van der Waals surface area (Å²) < 4.78 is 0. The topological polar surface area (TPSA) is 50.9 Å². The van der Waals surface area contributed by atoms with Crippen LogP contribution in [0.1, 0.15) is 31.9 Å². The van der Waals surface area contributed by atoms with Gasteiger partial charge in [-0.2, -0.15) is 0 Å². The normalized spacial score (nSPS) is 22.9. The van der Waals surface area contributed by atoms with Crippen molar-refractivity contribution in [1.82, 2.24) is 10.4 Å². The average Bonchev–Trinajstić information content (AvgIpc) is 2.99. The van der Waals surface area contributed by atoms with Crippen molar-refractivity contribution >= 4 is 10.8 Å². The Kier molecular flexibility index (Phi) is 2.61. The molecule has 3 heteroatoms. The first-order valence-corrected chi connectivity index (χ1v) is 6.42. The minimum Gasteiger partial charge on any atom is -0.271 e. The summed E-state index contributed by atoms with van der Waals surface area (Å²) in [5.41, 5.74) is 4.69. The second-order valence-electron chi connectivity index (χ2n) is 5.89. The molecular weight excluding hydrogens is 222 g/mol. The number of nitrogens with two attached hydrogens (primary N) is 1. The first kappa shape index (κ1) is 11.6. The van der Waals surface area contributed by atoms with Crippen LogP contribution >= 0.6 is 0 Å². The van der Waals surface area contributed by atoms with Crippen molar-refractivity contribution in [1.29, 1.82) is 0 Å². The lowest BCUT2D eigenvalue weighted by atomic mass is 9.94. The van der Waals surface area contributed by atoms with Gasteiger partial charge in [0, 0.05) is 23.8 Å². The molecule has 3 nitrogen and oxygen atoms in total. The summed E-state index contributed by atoms with van der Waals surface area (Å²) >= 11 is 0. The third-order valence-electron chi connectivity index (χ3n) is 4.22. The standard InChI is InChI=1S/C15H19N3/c1-15(2)8-13(15)14(18-16)12-5-3-4-10-9-17-7-6-11(10)12/h3-7,9,13-14,18H,8,16H2,1-2H3. The van der Waals surface area contributed by atoms with Gasteiger partial charge in [-0.15, -0.1) is 0 Å². The summed E-state index contributed by atoms with van der Waals surface area (Å²) in [6, 6.07) is 8.65. The molecule has 1 saturated carbocycles. The molecule has 94 valence electrons. The number of aromatic nitrogens is 1. The molecule has 2 aromatic rings. The highest BCUT2D eigenvalue weighted by Gasteiger charge is 2.50. The third kappa shape index (κ3) is 1.80. The van der Waals surface area contributed by atoms with Crippen LogP contribution in [0.25, 0.3) is 10.8 Å². The minimum atomic E-state index is 0.228. The maximum absolute atomic E-state index is 5.79. The van der Waals surface area contributed by atoms with Gasteiger partial charge in [0.15, 0.2) is 0 Å². The number of hydrogen-bond donors (Lipinski definition) is 2. The lowest BCUT2D eigenvalue weighted by molar-refractivity contribution is 0.425. The maximum atomic E-state index is 5.79. The molecule has 18 heavy (non-hydrogen) atoms. The number of fused-ring (bicyclic) bond motifs is 1. The van der Waals surface area contributed by atoms with Gasteiger partial charge in [-0.05, 0) is 34.8 Å². The smallest absolute Gasteiger partial charge is 0.0499 e. The number of hydrogen-bond acceptors (Lipinski definition) is 3. The van der Waals surface area contributed by atoms with Crippen LogP contribution in [-0.2, 0) is 0 Å². The molecule has 1 aliphatic rings.